The number of nitrogens with zero attached hydrogens (tertiary/aromatic N) is 1. The van der Waals surface area contributed by atoms with E-state index in [1.54, 1.807) is 18.2 Å². The van der Waals surface area contributed by atoms with Crippen molar-refractivity contribution in [2.75, 3.05) is 18.9 Å². The lowest BCUT2D eigenvalue weighted by atomic mass is 10.1. The first kappa shape index (κ1) is 21.4. The molecule has 0 aromatic carbocycles. The van der Waals surface area contributed by atoms with Gasteiger partial charge in [-0.1, -0.05) is 19.6 Å². The van der Waals surface area contributed by atoms with Crippen LogP contribution in [0.15, 0.2) is 24.3 Å². The summed E-state index contributed by atoms with van der Waals surface area (Å²) >= 11 is 1.42. The summed E-state index contributed by atoms with van der Waals surface area (Å²) in [7, 11) is 0. The number of rotatable bonds is 12. The number of hydrogen-bond donors (Lipinski definition) is 0. The molecular weight excluding hydrogens is 314 g/mol. The third-order valence-electron chi connectivity index (χ3n) is 3.00. The zero-order valence-electron chi connectivity index (χ0n) is 14.4. The molecule has 0 saturated heterocycles. The van der Waals surface area contributed by atoms with Crippen LogP contribution in [-0.4, -0.2) is 40.9 Å². The molecule has 0 rings (SSSR count). The summed E-state index contributed by atoms with van der Waals surface area (Å²) in [5.41, 5.74) is 0.947. The van der Waals surface area contributed by atoms with E-state index in [0.717, 1.165) is 25.0 Å². The highest BCUT2D eigenvalue weighted by Crippen LogP contribution is 2.14. The van der Waals surface area contributed by atoms with Gasteiger partial charge in [0.05, 0.1) is 6.54 Å². The molecule has 0 heterocycles. The lowest BCUT2D eigenvalue weighted by Crippen LogP contribution is -2.27. The Kier molecular flexibility index (Phi) is 11.1. The lowest BCUT2D eigenvalue weighted by molar-refractivity contribution is -0.140. The number of ketones is 1. The molecule has 0 radical (unpaired) electrons. The van der Waals surface area contributed by atoms with Crippen molar-refractivity contribution in [1.29, 1.82) is 0 Å². The number of carbonyl (C=O) groups excluding carboxylic acids is 3. The van der Waals surface area contributed by atoms with E-state index >= 15 is 0 Å². The maximum Gasteiger partial charge on any atom is 0.333 e. The maximum atomic E-state index is 11.5. The van der Waals surface area contributed by atoms with Gasteiger partial charge in [-0.2, -0.15) is 0 Å². The van der Waals surface area contributed by atoms with Crippen LogP contribution in [-0.2, 0) is 19.1 Å². The van der Waals surface area contributed by atoms with E-state index in [1.807, 2.05) is 0 Å². The number of ether oxygens (including phenoxy) is 1. The number of amides is 1. The molecule has 23 heavy (non-hydrogen) atoms. The Morgan fingerprint density at radius 1 is 1.00 bits per heavy atom. The van der Waals surface area contributed by atoms with Gasteiger partial charge in [0.1, 0.15) is 6.61 Å². The SMILES string of the molecule is C=C(C)C(=O)CCCCCSN(CCOC(=O)C(=C)C)C(C)=O. The first-order valence-electron chi connectivity index (χ1n) is 7.68. The summed E-state index contributed by atoms with van der Waals surface area (Å²) in [5, 5.41) is 0. The zero-order chi connectivity index (χ0) is 17.8. The molecule has 5 nitrogen and oxygen atoms in total. The molecule has 0 N–H and O–H groups in total. The van der Waals surface area contributed by atoms with Gasteiger partial charge >= 0.3 is 5.97 Å². The van der Waals surface area contributed by atoms with Crippen LogP contribution in [0.1, 0.15) is 46.5 Å². The Hall–Kier alpha value is -1.56. The van der Waals surface area contributed by atoms with E-state index < -0.39 is 5.97 Å². The molecule has 0 fully saturated rings. The van der Waals surface area contributed by atoms with E-state index in [9.17, 15) is 14.4 Å². The molecule has 0 unspecified atom stereocenters. The highest BCUT2D eigenvalue weighted by Gasteiger charge is 2.11. The molecule has 0 aromatic heterocycles. The largest absolute Gasteiger partial charge is 0.460 e. The van der Waals surface area contributed by atoms with Crippen molar-refractivity contribution in [3.8, 4) is 0 Å². The normalized spacial score (nSPS) is 10.0. The number of hydrogen-bond acceptors (Lipinski definition) is 5. The topological polar surface area (TPSA) is 63.7 Å². The predicted octanol–water partition coefficient (Wildman–Crippen LogP) is 3.31. The van der Waals surface area contributed by atoms with Gasteiger partial charge in [0.25, 0.3) is 0 Å². The van der Waals surface area contributed by atoms with Crippen molar-refractivity contribution < 1.29 is 19.1 Å². The van der Waals surface area contributed by atoms with E-state index in [1.165, 1.54) is 18.9 Å². The van der Waals surface area contributed by atoms with Crippen LogP contribution in [0.3, 0.4) is 0 Å². The van der Waals surface area contributed by atoms with Gasteiger partial charge in [-0.05, 0) is 44.2 Å². The third-order valence-corrected chi connectivity index (χ3v) is 4.22. The molecule has 0 bridgehead atoms. The Balaban J connectivity index is 3.87. The minimum atomic E-state index is -0.444. The third kappa shape index (κ3) is 10.7. The fourth-order valence-electron chi connectivity index (χ4n) is 1.61. The Labute approximate surface area is 143 Å². The standard InChI is InChI=1S/C17H27NO4S/c1-13(2)16(20)9-7-6-8-12-23-18(15(5)19)10-11-22-17(21)14(3)4/h1,3,6-12H2,2,4-5H3. The van der Waals surface area contributed by atoms with Crippen LogP contribution in [0.5, 0.6) is 0 Å². The highest BCUT2D eigenvalue weighted by atomic mass is 32.2. The van der Waals surface area contributed by atoms with Crippen LogP contribution in [0.25, 0.3) is 0 Å². The van der Waals surface area contributed by atoms with Crippen molar-refractivity contribution in [1.82, 2.24) is 4.31 Å². The molecule has 0 atom stereocenters. The molecule has 0 aromatic rings. The van der Waals surface area contributed by atoms with Crippen LogP contribution < -0.4 is 0 Å². The summed E-state index contributed by atoms with van der Waals surface area (Å²) in [5.74, 6) is 0.386. The average Bonchev–Trinajstić information content (AvgIpc) is 2.47. The quantitative estimate of drug-likeness (QED) is 0.236. The van der Waals surface area contributed by atoms with E-state index in [4.69, 9.17) is 4.74 Å². The van der Waals surface area contributed by atoms with Gasteiger partial charge in [-0.3, -0.25) is 13.9 Å². The Morgan fingerprint density at radius 3 is 2.17 bits per heavy atom. The van der Waals surface area contributed by atoms with Crippen LogP contribution in [0, 0.1) is 0 Å². The Morgan fingerprint density at radius 2 is 1.65 bits per heavy atom. The van der Waals surface area contributed by atoms with Crippen molar-refractivity contribution >= 4 is 29.6 Å². The van der Waals surface area contributed by atoms with Gasteiger partial charge in [0.2, 0.25) is 5.91 Å². The number of carbonyl (C=O) groups is 3. The second-order valence-corrected chi connectivity index (χ2v) is 6.49. The maximum absolute atomic E-state index is 11.5. The number of unbranched alkanes of at least 4 members (excludes halogenated alkanes) is 2. The molecule has 1 amide bonds. The van der Waals surface area contributed by atoms with Gasteiger partial charge in [-0.15, -0.1) is 0 Å². The molecule has 0 saturated carbocycles. The molecular formula is C17H27NO4S. The van der Waals surface area contributed by atoms with Crippen molar-refractivity contribution in [3.05, 3.63) is 24.3 Å². The van der Waals surface area contributed by atoms with Crippen molar-refractivity contribution in [2.45, 2.75) is 46.5 Å². The first-order valence-corrected chi connectivity index (χ1v) is 8.62. The Bertz CT molecular complexity index is 460. The summed E-state index contributed by atoms with van der Waals surface area (Å²) in [6.45, 7) is 12.4. The second-order valence-electron chi connectivity index (χ2n) is 5.38. The minimum absolute atomic E-state index is 0.0705. The van der Waals surface area contributed by atoms with E-state index in [0.29, 0.717) is 24.1 Å². The smallest absolute Gasteiger partial charge is 0.333 e. The van der Waals surface area contributed by atoms with Gasteiger partial charge in [-0.25, -0.2) is 4.79 Å². The summed E-state index contributed by atoms with van der Waals surface area (Å²) < 4.78 is 6.57. The van der Waals surface area contributed by atoms with Crippen LogP contribution in [0.2, 0.25) is 0 Å². The second kappa shape index (κ2) is 11.9. The first-order chi connectivity index (χ1) is 10.8. The predicted molar refractivity (Wildman–Crippen MR) is 93.9 cm³/mol. The number of Topliss-reactive ketones (excluding diaryl/α,β-unsaturated/α-hetero) is 1. The van der Waals surface area contributed by atoms with E-state index in [2.05, 4.69) is 13.2 Å². The van der Waals surface area contributed by atoms with E-state index in [-0.39, 0.29) is 18.3 Å². The molecule has 0 aliphatic carbocycles. The minimum Gasteiger partial charge on any atom is -0.460 e. The fourth-order valence-corrected chi connectivity index (χ4v) is 2.55. The molecule has 0 spiro atoms. The summed E-state index contributed by atoms with van der Waals surface area (Å²) in [6.07, 6.45) is 3.22. The van der Waals surface area contributed by atoms with Crippen molar-refractivity contribution in [2.24, 2.45) is 0 Å². The molecule has 0 aliphatic heterocycles. The molecule has 6 heteroatoms. The lowest BCUT2D eigenvalue weighted by Gasteiger charge is -2.19. The van der Waals surface area contributed by atoms with Gasteiger partial charge < -0.3 is 4.74 Å². The monoisotopic (exact) mass is 341 g/mol. The van der Waals surface area contributed by atoms with Crippen molar-refractivity contribution in [3.63, 3.8) is 0 Å². The zero-order valence-corrected chi connectivity index (χ0v) is 15.2. The van der Waals surface area contributed by atoms with Gasteiger partial charge in [0.15, 0.2) is 5.78 Å². The summed E-state index contributed by atoms with van der Waals surface area (Å²) in [4.78, 5) is 34.2. The van der Waals surface area contributed by atoms with Gasteiger partial charge in [0, 0.05) is 24.7 Å². The van der Waals surface area contributed by atoms with Crippen LogP contribution in [0.4, 0.5) is 0 Å². The fraction of sp³-hybridized carbons (Fsp3) is 0.588. The molecule has 0 aliphatic rings. The number of allylic oxidation sites excluding steroid dienone is 1. The highest BCUT2D eigenvalue weighted by molar-refractivity contribution is 7.97. The number of esters is 1. The van der Waals surface area contributed by atoms with Crippen LogP contribution >= 0.6 is 11.9 Å². The molecule has 130 valence electrons. The summed E-state index contributed by atoms with van der Waals surface area (Å²) in [6, 6.07) is 0. The average molecular weight is 341 g/mol.